The first-order valence-corrected chi connectivity index (χ1v) is 8.73. The van der Waals surface area contributed by atoms with Crippen molar-refractivity contribution in [2.24, 2.45) is 5.41 Å². The molecule has 1 atom stereocenters. The van der Waals surface area contributed by atoms with Crippen LogP contribution in [0.25, 0.3) is 0 Å². The molecule has 2 heterocycles. The molecule has 112 valence electrons. The molecule has 0 radical (unpaired) electrons. The lowest BCUT2D eigenvalue weighted by Gasteiger charge is -2.34. The predicted molar refractivity (Wildman–Crippen MR) is 84.2 cm³/mol. The van der Waals surface area contributed by atoms with Crippen LogP contribution in [0.15, 0.2) is 17.5 Å². The van der Waals surface area contributed by atoms with Crippen molar-refractivity contribution in [1.29, 1.82) is 0 Å². The molecule has 1 saturated carbocycles. The van der Waals surface area contributed by atoms with Crippen LogP contribution < -0.4 is 5.32 Å². The Bertz CT molecular complexity index is 397. The average molecular weight is 294 g/mol. The van der Waals surface area contributed by atoms with Crippen LogP contribution in [-0.2, 0) is 11.3 Å². The molecule has 0 aromatic carbocycles. The molecule has 0 spiro atoms. The minimum absolute atomic E-state index is 0.329. The second-order valence-electron chi connectivity index (χ2n) is 6.34. The Morgan fingerprint density at radius 2 is 2.40 bits per heavy atom. The number of thiophene rings is 1. The minimum atomic E-state index is 0.329. The molecule has 1 N–H and O–H groups in total. The summed E-state index contributed by atoms with van der Waals surface area (Å²) in [5.41, 5.74) is 0.329. The first kappa shape index (κ1) is 14.5. The highest BCUT2D eigenvalue weighted by Gasteiger charge is 2.37. The van der Waals surface area contributed by atoms with Gasteiger partial charge in [-0.15, -0.1) is 11.3 Å². The van der Waals surface area contributed by atoms with E-state index in [1.165, 1.54) is 24.1 Å². The van der Waals surface area contributed by atoms with E-state index in [0.29, 0.717) is 5.41 Å². The van der Waals surface area contributed by atoms with Crippen LogP contribution in [0.1, 0.15) is 31.1 Å². The summed E-state index contributed by atoms with van der Waals surface area (Å²) in [5.74, 6) is 0. The summed E-state index contributed by atoms with van der Waals surface area (Å²) in [6.07, 6.45) is 3.93. The van der Waals surface area contributed by atoms with E-state index in [2.05, 4.69) is 34.7 Å². The quantitative estimate of drug-likeness (QED) is 0.798. The van der Waals surface area contributed by atoms with E-state index in [9.17, 15) is 0 Å². The number of hydrogen-bond acceptors (Lipinski definition) is 4. The Balaban J connectivity index is 1.58. The van der Waals surface area contributed by atoms with Crippen LogP contribution in [0.4, 0.5) is 0 Å². The van der Waals surface area contributed by atoms with Crippen molar-refractivity contribution >= 4 is 11.3 Å². The molecule has 1 aliphatic carbocycles. The number of rotatable bonds is 8. The normalized spacial score (nSPS) is 26.5. The van der Waals surface area contributed by atoms with E-state index in [-0.39, 0.29) is 0 Å². The van der Waals surface area contributed by atoms with Gasteiger partial charge in [-0.1, -0.05) is 13.0 Å². The van der Waals surface area contributed by atoms with Crippen LogP contribution in [-0.4, -0.2) is 43.8 Å². The second kappa shape index (κ2) is 6.56. The summed E-state index contributed by atoms with van der Waals surface area (Å²) in [4.78, 5) is 4.05. The van der Waals surface area contributed by atoms with Crippen molar-refractivity contribution in [2.45, 2.75) is 38.8 Å². The van der Waals surface area contributed by atoms with Gasteiger partial charge < -0.3 is 10.1 Å². The summed E-state index contributed by atoms with van der Waals surface area (Å²) in [5, 5.41) is 5.90. The van der Waals surface area contributed by atoms with Crippen LogP contribution in [0.2, 0.25) is 0 Å². The highest BCUT2D eigenvalue weighted by Crippen LogP contribution is 2.31. The van der Waals surface area contributed by atoms with Gasteiger partial charge in [-0.25, -0.2) is 0 Å². The fraction of sp³-hybridized carbons (Fsp3) is 0.750. The molecule has 0 bridgehead atoms. The maximum absolute atomic E-state index is 5.73. The largest absolute Gasteiger partial charge is 0.381 e. The van der Waals surface area contributed by atoms with Crippen molar-refractivity contribution in [3.63, 3.8) is 0 Å². The zero-order valence-corrected chi connectivity index (χ0v) is 13.3. The third-order valence-electron chi connectivity index (χ3n) is 4.49. The predicted octanol–water partition coefficient (Wildman–Crippen LogP) is 2.73. The zero-order valence-electron chi connectivity index (χ0n) is 12.4. The molecule has 1 aromatic heterocycles. The standard InChI is InChI=1S/C16H26N2OS/c1-2-18(10-15-4-3-9-20-15)12-16(7-8-19-13-16)11-17-14-5-6-14/h3-4,9,14,17H,2,5-8,10-13H2,1H3. The summed E-state index contributed by atoms with van der Waals surface area (Å²) >= 11 is 1.86. The number of ether oxygens (including phenoxy) is 1. The third-order valence-corrected chi connectivity index (χ3v) is 5.35. The molecule has 0 amide bonds. The van der Waals surface area contributed by atoms with E-state index in [4.69, 9.17) is 4.74 Å². The number of hydrogen-bond donors (Lipinski definition) is 1. The molecule has 1 unspecified atom stereocenters. The van der Waals surface area contributed by atoms with E-state index in [0.717, 1.165) is 45.4 Å². The Morgan fingerprint density at radius 1 is 1.50 bits per heavy atom. The smallest absolute Gasteiger partial charge is 0.0547 e. The lowest BCUT2D eigenvalue weighted by Crippen LogP contribution is -2.45. The molecule has 1 aliphatic heterocycles. The lowest BCUT2D eigenvalue weighted by atomic mass is 9.86. The summed E-state index contributed by atoms with van der Waals surface area (Å²) in [7, 11) is 0. The molecule has 20 heavy (non-hydrogen) atoms. The van der Waals surface area contributed by atoms with Crippen LogP contribution in [0.5, 0.6) is 0 Å². The van der Waals surface area contributed by atoms with Gasteiger partial charge in [0.2, 0.25) is 0 Å². The van der Waals surface area contributed by atoms with Crippen LogP contribution >= 0.6 is 11.3 Å². The zero-order chi connectivity index (χ0) is 13.8. The molecule has 1 aromatic rings. The first-order chi connectivity index (χ1) is 9.80. The van der Waals surface area contributed by atoms with Gasteiger partial charge in [-0.05, 0) is 37.3 Å². The molecule has 2 aliphatic rings. The minimum Gasteiger partial charge on any atom is -0.381 e. The Labute approximate surface area is 126 Å². The van der Waals surface area contributed by atoms with Gasteiger partial charge in [-0.3, -0.25) is 4.90 Å². The SMILES string of the molecule is CCN(Cc1cccs1)CC1(CNC2CC2)CCOC1. The maximum Gasteiger partial charge on any atom is 0.0547 e. The molecule has 2 fully saturated rings. The first-order valence-electron chi connectivity index (χ1n) is 7.85. The van der Waals surface area contributed by atoms with Crippen molar-refractivity contribution in [3.05, 3.63) is 22.4 Å². The van der Waals surface area contributed by atoms with Gasteiger partial charge in [0, 0.05) is 42.6 Å². The topological polar surface area (TPSA) is 24.5 Å². The van der Waals surface area contributed by atoms with Gasteiger partial charge in [0.25, 0.3) is 0 Å². The maximum atomic E-state index is 5.73. The van der Waals surface area contributed by atoms with Crippen molar-refractivity contribution in [3.8, 4) is 0 Å². The molecule has 1 saturated heterocycles. The highest BCUT2D eigenvalue weighted by molar-refractivity contribution is 7.09. The molecular weight excluding hydrogens is 268 g/mol. The summed E-state index contributed by atoms with van der Waals surface area (Å²) < 4.78 is 5.73. The van der Waals surface area contributed by atoms with Crippen molar-refractivity contribution in [2.75, 3.05) is 32.8 Å². The van der Waals surface area contributed by atoms with Crippen LogP contribution in [0, 0.1) is 5.41 Å². The molecular formula is C16H26N2OS. The monoisotopic (exact) mass is 294 g/mol. The number of nitrogens with one attached hydrogen (secondary N) is 1. The lowest BCUT2D eigenvalue weighted by molar-refractivity contribution is 0.107. The van der Waals surface area contributed by atoms with E-state index in [1.807, 2.05) is 11.3 Å². The van der Waals surface area contributed by atoms with E-state index >= 15 is 0 Å². The fourth-order valence-electron chi connectivity index (χ4n) is 2.99. The second-order valence-corrected chi connectivity index (χ2v) is 7.37. The van der Waals surface area contributed by atoms with Gasteiger partial charge in [0.1, 0.15) is 0 Å². The van der Waals surface area contributed by atoms with Crippen LogP contribution in [0.3, 0.4) is 0 Å². The summed E-state index contributed by atoms with van der Waals surface area (Å²) in [6, 6.07) is 5.18. The summed E-state index contributed by atoms with van der Waals surface area (Å²) in [6.45, 7) is 8.60. The average Bonchev–Trinajstić information content (AvgIpc) is 2.96. The van der Waals surface area contributed by atoms with Gasteiger partial charge in [0.15, 0.2) is 0 Å². The number of nitrogens with zero attached hydrogens (tertiary/aromatic N) is 1. The molecule has 3 rings (SSSR count). The van der Waals surface area contributed by atoms with E-state index < -0.39 is 0 Å². The van der Waals surface area contributed by atoms with Gasteiger partial charge in [0.05, 0.1) is 6.61 Å². The molecule has 4 heteroatoms. The Hall–Kier alpha value is -0.420. The molecule has 3 nitrogen and oxygen atoms in total. The third kappa shape index (κ3) is 3.82. The highest BCUT2D eigenvalue weighted by atomic mass is 32.1. The Kier molecular flexibility index (Phi) is 4.76. The van der Waals surface area contributed by atoms with E-state index in [1.54, 1.807) is 0 Å². The van der Waals surface area contributed by atoms with Crippen molar-refractivity contribution < 1.29 is 4.74 Å². The fourth-order valence-corrected chi connectivity index (χ4v) is 3.74. The Morgan fingerprint density at radius 3 is 3.00 bits per heavy atom. The van der Waals surface area contributed by atoms with Gasteiger partial charge >= 0.3 is 0 Å². The van der Waals surface area contributed by atoms with Crippen molar-refractivity contribution in [1.82, 2.24) is 10.2 Å². The van der Waals surface area contributed by atoms with Gasteiger partial charge in [-0.2, -0.15) is 0 Å².